The highest BCUT2D eigenvalue weighted by Gasteiger charge is 2.19. The van der Waals surface area contributed by atoms with Gasteiger partial charge in [-0.1, -0.05) is 0 Å². The molecule has 0 saturated heterocycles. The van der Waals surface area contributed by atoms with Crippen molar-refractivity contribution in [1.82, 2.24) is 0 Å². The fourth-order valence-electron chi connectivity index (χ4n) is 1.56. The van der Waals surface area contributed by atoms with Crippen molar-refractivity contribution in [2.45, 2.75) is 13.3 Å². The molecule has 0 fully saturated rings. The largest absolute Gasteiger partial charge is 0.496 e. The van der Waals surface area contributed by atoms with Crippen LogP contribution in [0, 0.1) is 21.4 Å². The van der Waals surface area contributed by atoms with Crippen molar-refractivity contribution in [3.63, 3.8) is 0 Å². The van der Waals surface area contributed by atoms with E-state index in [0.717, 1.165) is 6.07 Å². The summed E-state index contributed by atoms with van der Waals surface area (Å²) < 4.78 is 9.78. The lowest BCUT2D eigenvalue weighted by Crippen LogP contribution is -2.10. The number of rotatable bonds is 5. The van der Waals surface area contributed by atoms with Crippen LogP contribution in [0.1, 0.15) is 18.1 Å². The van der Waals surface area contributed by atoms with Gasteiger partial charge in [-0.05, 0) is 6.92 Å². The van der Waals surface area contributed by atoms with Gasteiger partial charge < -0.3 is 9.47 Å². The zero-order valence-electron chi connectivity index (χ0n) is 10.5. The third kappa shape index (κ3) is 3.42. The maximum Gasteiger partial charge on any atom is 0.310 e. The minimum Gasteiger partial charge on any atom is -0.496 e. The van der Waals surface area contributed by atoms with Gasteiger partial charge in [0.25, 0.3) is 5.69 Å². The Labute approximate surface area is 109 Å². The number of benzene rings is 1. The topological polar surface area (TPSA) is 102 Å². The molecule has 0 saturated carbocycles. The molecule has 1 rings (SSSR count). The van der Waals surface area contributed by atoms with Crippen LogP contribution in [0.5, 0.6) is 5.75 Å². The van der Waals surface area contributed by atoms with Crippen LogP contribution in [0.25, 0.3) is 0 Å². The Morgan fingerprint density at radius 2 is 2.21 bits per heavy atom. The molecular weight excluding hydrogens is 252 g/mol. The summed E-state index contributed by atoms with van der Waals surface area (Å²) in [5.41, 5.74) is 0.0501. The molecule has 0 atom stereocenters. The summed E-state index contributed by atoms with van der Waals surface area (Å²) in [7, 11) is 1.31. The van der Waals surface area contributed by atoms with E-state index in [1.54, 1.807) is 6.92 Å². The number of nitrogens with zero attached hydrogens (tertiary/aromatic N) is 2. The standard InChI is InChI=1S/C12H12N2O5/c1-3-19-12(15)6-10-8(7-13)4-9(14(16)17)5-11(10)18-2/h4-5H,3,6H2,1-2H3. The van der Waals surface area contributed by atoms with E-state index < -0.39 is 10.9 Å². The highest BCUT2D eigenvalue weighted by Crippen LogP contribution is 2.29. The second-order valence-electron chi connectivity index (χ2n) is 3.52. The molecule has 7 heteroatoms. The molecule has 0 unspecified atom stereocenters. The van der Waals surface area contributed by atoms with Crippen LogP contribution in [0.2, 0.25) is 0 Å². The molecule has 100 valence electrons. The molecule has 0 radical (unpaired) electrons. The van der Waals surface area contributed by atoms with E-state index in [1.807, 2.05) is 6.07 Å². The normalized spacial score (nSPS) is 9.53. The predicted octanol–water partition coefficient (Wildman–Crippen LogP) is 1.58. The SMILES string of the molecule is CCOC(=O)Cc1c(C#N)cc([N+](=O)[O-])cc1OC. The molecule has 0 bridgehead atoms. The molecule has 1 aromatic carbocycles. The number of nitro groups is 1. The van der Waals surface area contributed by atoms with Crippen LogP contribution < -0.4 is 4.74 Å². The van der Waals surface area contributed by atoms with Crippen molar-refractivity contribution in [2.75, 3.05) is 13.7 Å². The monoisotopic (exact) mass is 264 g/mol. The van der Waals surface area contributed by atoms with E-state index in [2.05, 4.69) is 0 Å². The minimum atomic E-state index is -0.627. The minimum absolute atomic E-state index is 0.0269. The first-order valence-corrected chi connectivity index (χ1v) is 5.44. The second-order valence-corrected chi connectivity index (χ2v) is 3.52. The van der Waals surface area contributed by atoms with Gasteiger partial charge in [-0.3, -0.25) is 14.9 Å². The number of nitriles is 1. The number of carbonyl (C=O) groups is 1. The maximum atomic E-state index is 11.4. The van der Waals surface area contributed by atoms with Gasteiger partial charge >= 0.3 is 5.97 Å². The number of ether oxygens (including phenoxy) is 2. The van der Waals surface area contributed by atoms with E-state index in [9.17, 15) is 14.9 Å². The highest BCUT2D eigenvalue weighted by atomic mass is 16.6. The molecule has 7 nitrogen and oxygen atoms in total. The molecule has 0 heterocycles. The average molecular weight is 264 g/mol. The second kappa shape index (κ2) is 6.35. The van der Waals surface area contributed by atoms with Crippen LogP contribution >= 0.6 is 0 Å². The molecule has 0 aliphatic carbocycles. The lowest BCUT2D eigenvalue weighted by atomic mass is 10.0. The number of hydrogen-bond donors (Lipinski definition) is 0. The Bertz CT molecular complexity index is 548. The Balaban J connectivity index is 3.25. The van der Waals surface area contributed by atoms with Crippen molar-refractivity contribution in [3.05, 3.63) is 33.4 Å². The fourth-order valence-corrected chi connectivity index (χ4v) is 1.56. The van der Waals surface area contributed by atoms with E-state index in [-0.39, 0.29) is 35.6 Å². The average Bonchev–Trinajstić information content (AvgIpc) is 2.38. The molecule has 19 heavy (non-hydrogen) atoms. The Kier molecular flexibility index (Phi) is 4.83. The summed E-state index contributed by atoms with van der Waals surface area (Å²) in [5, 5.41) is 19.7. The summed E-state index contributed by atoms with van der Waals surface area (Å²) >= 11 is 0. The number of carbonyl (C=O) groups excluding carboxylic acids is 1. The summed E-state index contributed by atoms with van der Waals surface area (Å²) in [5.74, 6) is -0.398. The van der Waals surface area contributed by atoms with Crippen LogP contribution in [0.3, 0.4) is 0 Å². The first-order chi connectivity index (χ1) is 9.03. The van der Waals surface area contributed by atoms with Gasteiger partial charge in [-0.2, -0.15) is 5.26 Å². The van der Waals surface area contributed by atoms with Gasteiger partial charge in [0.2, 0.25) is 0 Å². The smallest absolute Gasteiger partial charge is 0.310 e. The van der Waals surface area contributed by atoms with E-state index in [4.69, 9.17) is 14.7 Å². The van der Waals surface area contributed by atoms with Gasteiger partial charge in [0.05, 0.1) is 42.8 Å². The number of esters is 1. The third-order valence-electron chi connectivity index (χ3n) is 2.37. The van der Waals surface area contributed by atoms with Crippen LogP contribution in [-0.2, 0) is 16.0 Å². The zero-order valence-corrected chi connectivity index (χ0v) is 10.5. The van der Waals surface area contributed by atoms with Gasteiger partial charge in [0.1, 0.15) is 5.75 Å². The summed E-state index contributed by atoms with van der Waals surface area (Å²) in [4.78, 5) is 21.5. The van der Waals surface area contributed by atoms with Crippen molar-refractivity contribution in [3.8, 4) is 11.8 Å². The van der Waals surface area contributed by atoms with Gasteiger partial charge in [0.15, 0.2) is 0 Å². The fraction of sp³-hybridized carbons (Fsp3) is 0.333. The van der Waals surface area contributed by atoms with Gasteiger partial charge in [0, 0.05) is 11.6 Å². The number of methoxy groups -OCH3 is 1. The summed E-state index contributed by atoms with van der Waals surface area (Å²) in [6.07, 6.45) is -0.169. The number of non-ortho nitro benzene ring substituents is 1. The summed E-state index contributed by atoms with van der Waals surface area (Å²) in [6.45, 7) is 1.88. The molecule has 0 amide bonds. The number of hydrogen-bond acceptors (Lipinski definition) is 6. The molecule has 0 aromatic heterocycles. The molecule has 0 N–H and O–H groups in total. The Hall–Kier alpha value is -2.62. The quantitative estimate of drug-likeness (QED) is 0.454. The zero-order chi connectivity index (χ0) is 14.4. The first-order valence-electron chi connectivity index (χ1n) is 5.44. The molecule has 0 aliphatic rings. The maximum absolute atomic E-state index is 11.4. The van der Waals surface area contributed by atoms with E-state index >= 15 is 0 Å². The van der Waals surface area contributed by atoms with Crippen LogP contribution in [-0.4, -0.2) is 24.6 Å². The molecule has 1 aromatic rings. The molecule has 0 aliphatic heterocycles. The lowest BCUT2D eigenvalue weighted by Gasteiger charge is -2.09. The van der Waals surface area contributed by atoms with Crippen LogP contribution in [0.15, 0.2) is 12.1 Å². The van der Waals surface area contributed by atoms with Gasteiger partial charge in [-0.25, -0.2) is 0 Å². The Morgan fingerprint density at radius 1 is 1.53 bits per heavy atom. The van der Waals surface area contributed by atoms with Crippen molar-refractivity contribution >= 4 is 11.7 Å². The highest BCUT2D eigenvalue weighted by molar-refractivity contribution is 5.75. The molecular formula is C12H12N2O5. The predicted molar refractivity (Wildman–Crippen MR) is 64.7 cm³/mol. The first kappa shape index (κ1) is 14.4. The number of nitro benzene ring substituents is 1. The summed E-state index contributed by atoms with van der Waals surface area (Å²) in [6, 6.07) is 4.11. The van der Waals surface area contributed by atoms with Crippen molar-refractivity contribution in [1.29, 1.82) is 5.26 Å². The lowest BCUT2D eigenvalue weighted by molar-refractivity contribution is -0.385. The van der Waals surface area contributed by atoms with Gasteiger partial charge in [-0.15, -0.1) is 0 Å². The Morgan fingerprint density at radius 3 is 2.68 bits per heavy atom. The third-order valence-corrected chi connectivity index (χ3v) is 2.37. The van der Waals surface area contributed by atoms with Crippen LogP contribution in [0.4, 0.5) is 5.69 Å². The van der Waals surface area contributed by atoms with Crippen molar-refractivity contribution in [2.24, 2.45) is 0 Å². The van der Waals surface area contributed by atoms with Crippen molar-refractivity contribution < 1.29 is 19.2 Å². The van der Waals surface area contributed by atoms with E-state index in [0.29, 0.717) is 0 Å². The van der Waals surface area contributed by atoms with E-state index in [1.165, 1.54) is 13.2 Å². The molecule has 0 spiro atoms.